The predicted molar refractivity (Wildman–Crippen MR) is 81.0 cm³/mol. The summed E-state index contributed by atoms with van der Waals surface area (Å²) in [4.78, 5) is 21.8. The molecule has 6 heteroatoms. The summed E-state index contributed by atoms with van der Waals surface area (Å²) in [6, 6.07) is 11.4. The van der Waals surface area contributed by atoms with Gasteiger partial charge in [-0.3, -0.25) is 4.79 Å². The third kappa shape index (κ3) is 3.76. The number of methoxy groups -OCH3 is 1. The van der Waals surface area contributed by atoms with Gasteiger partial charge in [0.05, 0.1) is 24.8 Å². The Labute approximate surface area is 127 Å². The minimum atomic E-state index is -1.04. The molecule has 2 rings (SSSR count). The molecule has 0 heterocycles. The van der Waals surface area contributed by atoms with Crippen molar-refractivity contribution in [2.24, 2.45) is 0 Å². The second kappa shape index (κ2) is 6.62. The Morgan fingerprint density at radius 3 is 2.55 bits per heavy atom. The highest BCUT2D eigenvalue weighted by Crippen LogP contribution is 2.29. The lowest BCUT2D eigenvalue weighted by Crippen LogP contribution is -2.02. The Bertz CT molecular complexity index is 711. The average Bonchev–Trinajstić information content (AvgIpc) is 2.46. The van der Waals surface area contributed by atoms with Gasteiger partial charge in [-0.1, -0.05) is 12.1 Å². The number of benzene rings is 2. The number of aromatic carboxylic acids is 1. The molecule has 2 aromatic rings. The summed E-state index contributed by atoms with van der Waals surface area (Å²) in [5, 5.41) is 20.9. The van der Waals surface area contributed by atoms with Gasteiger partial charge in [-0.2, -0.15) is 0 Å². The van der Waals surface area contributed by atoms with E-state index in [1.54, 1.807) is 30.3 Å². The number of nitrogens with one attached hydrogen (secondary N) is 1. The van der Waals surface area contributed by atoms with E-state index in [1.165, 1.54) is 19.2 Å². The van der Waals surface area contributed by atoms with Crippen molar-refractivity contribution in [1.82, 2.24) is 0 Å². The van der Waals surface area contributed by atoms with Gasteiger partial charge in [-0.25, -0.2) is 4.79 Å². The second-order valence-corrected chi connectivity index (χ2v) is 4.62. The summed E-state index contributed by atoms with van der Waals surface area (Å²) >= 11 is 0. The van der Waals surface area contributed by atoms with Gasteiger partial charge in [0.2, 0.25) is 0 Å². The smallest absolute Gasteiger partial charge is 0.335 e. The van der Waals surface area contributed by atoms with Crippen molar-refractivity contribution in [3.05, 3.63) is 53.6 Å². The molecule has 0 aromatic heterocycles. The van der Waals surface area contributed by atoms with Gasteiger partial charge in [0.15, 0.2) is 0 Å². The molecule has 3 N–H and O–H groups in total. The number of carbonyl (C=O) groups is 2. The standard InChI is InChI=1S/C16H15NO5/c1-22-14-6-5-11(16(20)21)9-13(14)17-12-4-2-3-10(7-12)8-15(18)19/h2-7,9,17H,8H2,1H3,(H,18,19)(H,20,21). The van der Waals surface area contributed by atoms with Crippen LogP contribution in [0.4, 0.5) is 11.4 Å². The molecule has 0 saturated heterocycles. The normalized spacial score (nSPS) is 10.0. The summed E-state index contributed by atoms with van der Waals surface area (Å²) < 4.78 is 5.20. The highest BCUT2D eigenvalue weighted by Gasteiger charge is 2.10. The summed E-state index contributed by atoms with van der Waals surface area (Å²) in [6.07, 6.45) is -0.0815. The van der Waals surface area contributed by atoms with Gasteiger partial charge in [-0.15, -0.1) is 0 Å². The molecule has 22 heavy (non-hydrogen) atoms. The van der Waals surface area contributed by atoms with Gasteiger partial charge in [0, 0.05) is 5.69 Å². The lowest BCUT2D eigenvalue weighted by Gasteiger charge is -2.12. The van der Waals surface area contributed by atoms with E-state index >= 15 is 0 Å². The van der Waals surface area contributed by atoms with E-state index in [2.05, 4.69) is 5.32 Å². The van der Waals surface area contributed by atoms with Gasteiger partial charge >= 0.3 is 11.9 Å². The van der Waals surface area contributed by atoms with Crippen LogP contribution in [0.15, 0.2) is 42.5 Å². The zero-order valence-corrected chi connectivity index (χ0v) is 11.9. The third-order valence-corrected chi connectivity index (χ3v) is 3.01. The first kappa shape index (κ1) is 15.4. The van der Waals surface area contributed by atoms with Crippen LogP contribution in [0, 0.1) is 0 Å². The maximum atomic E-state index is 11.0. The van der Waals surface area contributed by atoms with E-state index < -0.39 is 11.9 Å². The molecular weight excluding hydrogens is 286 g/mol. The van der Waals surface area contributed by atoms with E-state index in [4.69, 9.17) is 14.9 Å². The number of hydrogen-bond donors (Lipinski definition) is 3. The molecular formula is C16H15NO5. The van der Waals surface area contributed by atoms with Crippen molar-refractivity contribution in [2.75, 3.05) is 12.4 Å². The molecule has 0 aliphatic heterocycles. The Morgan fingerprint density at radius 1 is 1.14 bits per heavy atom. The Kier molecular flexibility index (Phi) is 4.63. The number of carboxylic acid groups (broad SMARTS) is 2. The van der Waals surface area contributed by atoms with Crippen LogP contribution in [0.1, 0.15) is 15.9 Å². The third-order valence-electron chi connectivity index (χ3n) is 3.01. The van der Waals surface area contributed by atoms with E-state index in [1.807, 2.05) is 0 Å². The van der Waals surface area contributed by atoms with Gasteiger partial charge in [0.25, 0.3) is 0 Å². The number of ether oxygens (including phenoxy) is 1. The Morgan fingerprint density at radius 2 is 1.91 bits per heavy atom. The fraction of sp³-hybridized carbons (Fsp3) is 0.125. The highest BCUT2D eigenvalue weighted by molar-refractivity contribution is 5.90. The maximum Gasteiger partial charge on any atom is 0.335 e. The van der Waals surface area contributed by atoms with Crippen molar-refractivity contribution in [3.63, 3.8) is 0 Å². The first-order chi connectivity index (χ1) is 10.5. The second-order valence-electron chi connectivity index (χ2n) is 4.62. The molecule has 0 bridgehead atoms. The van der Waals surface area contributed by atoms with Crippen molar-refractivity contribution < 1.29 is 24.5 Å². The molecule has 0 spiro atoms. The molecule has 0 saturated carbocycles. The predicted octanol–water partition coefficient (Wildman–Crippen LogP) is 2.76. The first-order valence-electron chi connectivity index (χ1n) is 6.48. The number of rotatable bonds is 6. The minimum absolute atomic E-state index is 0.0815. The molecule has 0 amide bonds. The molecule has 0 atom stereocenters. The summed E-state index contributed by atoms with van der Waals surface area (Å²) in [7, 11) is 1.49. The maximum absolute atomic E-state index is 11.0. The number of carboxylic acids is 2. The lowest BCUT2D eigenvalue weighted by molar-refractivity contribution is -0.136. The molecule has 0 aliphatic rings. The lowest BCUT2D eigenvalue weighted by atomic mass is 10.1. The van der Waals surface area contributed by atoms with Crippen LogP contribution >= 0.6 is 0 Å². The molecule has 0 aliphatic carbocycles. The van der Waals surface area contributed by atoms with E-state index in [0.717, 1.165) is 0 Å². The zero-order chi connectivity index (χ0) is 16.1. The fourth-order valence-electron chi connectivity index (χ4n) is 2.03. The van der Waals surface area contributed by atoms with Gasteiger partial charge in [-0.05, 0) is 35.9 Å². The van der Waals surface area contributed by atoms with Crippen molar-refractivity contribution in [1.29, 1.82) is 0 Å². The van der Waals surface area contributed by atoms with Crippen LogP contribution in [-0.4, -0.2) is 29.3 Å². The SMILES string of the molecule is COc1ccc(C(=O)O)cc1Nc1cccc(CC(=O)O)c1. The Balaban J connectivity index is 2.31. The van der Waals surface area contributed by atoms with Gasteiger partial charge < -0.3 is 20.3 Å². The van der Waals surface area contributed by atoms with Crippen LogP contribution in [0.25, 0.3) is 0 Å². The van der Waals surface area contributed by atoms with Crippen LogP contribution in [0.3, 0.4) is 0 Å². The first-order valence-corrected chi connectivity index (χ1v) is 6.48. The van der Waals surface area contributed by atoms with Crippen molar-refractivity contribution in [3.8, 4) is 5.75 Å². The minimum Gasteiger partial charge on any atom is -0.495 e. The van der Waals surface area contributed by atoms with Crippen LogP contribution in [-0.2, 0) is 11.2 Å². The van der Waals surface area contributed by atoms with Crippen molar-refractivity contribution in [2.45, 2.75) is 6.42 Å². The van der Waals surface area contributed by atoms with Gasteiger partial charge in [0.1, 0.15) is 5.75 Å². The van der Waals surface area contributed by atoms with E-state index in [0.29, 0.717) is 22.7 Å². The quantitative estimate of drug-likeness (QED) is 0.759. The van der Waals surface area contributed by atoms with Crippen LogP contribution in [0.5, 0.6) is 5.75 Å². The average molecular weight is 301 g/mol. The highest BCUT2D eigenvalue weighted by atomic mass is 16.5. The molecule has 2 aromatic carbocycles. The van der Waals surface area contributed by atoms with Crippen LogP contribution in [0.2, 0.25) is 0 Å². The molecule has 0 unspecified atom stereocenters. The fourth-order valence-corrected chi connectivity index (χ4v) is 2.03. The molecule has 6 nitrogen and oxygen atoms in total. The van der Waals surface area contributed by atoms with Crippen LogP contribution < -0.4 is 10.1 Å². The Hall–Kier alpha value is -3.02. The topological polar surface area (TPSA) is 95.9 Å². The van der Waals surface area contributed by atoms with Crippen molar-refractivity contribution >= 4 is 23.3 Å². The summed E-state index contributed by atoms with van der Waals surface area (Å²) in [5.74, 6) is -1.46. The number of anilines is 2. The molecule has 0 radical (unpaired) electrons. The molecule has 114 valence electrons. The monoisotopic (exact) mass is 301 g/mol. The number of aliphatic carboxylic acids is 1. The zero-order valence-electron chi connectivity index (χ0n) is 11.9. The van der Waals surface area contributed by atoms with E-state index in [-0.39, 0.29) is 12.0 Å². The molecule has 0 fully saturated rings. The summed E-state index contributed by atoms with van der Waals surface area (Å²) in [6.45, 7) is 0. The number of hydrogen-bond acceptors (Lipinski definition) is 4. The van der Waals surface area contributed by atoms with E-state index in [9.17, 15) is 9.59 Å². The summed E-state index contributed by atoms with van der Waals surface area (Å²) in [5.41, 5.74) is 1.92. The largest absolute Gasteiger partial charge is 0.495 e.